The van der Waals surface area contributed by atoms with Crippen molar-refractivity contribution in [2.45, 2.75) is 18.2 Å². The minimum Gasteiger partial charge on any atom is -0.466 e. The Morgan fingerprint density at radius 3 is 2.24 bits per heavy atom. The Morgan fingerprint density at radius 2 is 1.62 bits per heavy atom. The number of halogens is 1. The quantitative estimate of drug-likeness (QED) is 0.595. The van der Waals surface area contributed by atoms with Crippen LogP contribution in [0.4, 0.5) is 10.2 Å². The van der Waals surface area contributed by atoms with Gasteiger partial charge in [0.25, 0.3) is 10.0 Å². The number of benzene rings is 2. The molecule has 1 aromatic heterocycles. The van der Waals surface area contributed by atoms with Gasteiger partial charge in [-0.3, -0.25) is 9.52 Å². The van der Waals surface area contributed by atoms with Crippen LogP contribution < -0.4 is 4.72 Å². The van der Waals surface area contributed by atoms with Crippen molar-refractivity contribution in [1.29, 1.82) is 0 Å². The predicted octanol–water partition coefficient (Wildman–Crippen LogP) is 3.79. The number of carbonyl (C=O) groups is 1. The molecule has 0 spiro atoms. The van der Waals surface area contributed by atoms with E-state index in [9.17, 15) is 17.6 Å². The topological polar surface area (TPSA) is 85.4 Å². The molecule has 0 aliphatic carbocycles. The molecule has 2 aromatic carbocycles. The lowest BCUT2D eigenvalue weighted by Crippen LogP contribution is -2.15. The third-order valence-electron chi connectivity index (χ3n) is 4.02. The van der Waals surface area contributed by atoms with Crippen LogP contribution >= 0.6 is 0 Å². The first-order valence-electron chi connectivity index (χ1n) is 8.88. The number of ether oxygens (including phenoxy) is 1. The average Bonchev–Trinajstić information content (AvgIpc) is 2.69. The van der Waals surface area contributed by atoms with E-state index in [1.807, 2.05) is 0 Å². The molecule has 3 rings (SSSR count). The molecule has 0 saturated carbocycles. The lowest BCUT2D eigenvalue weighted by atomic mass is 10.1. The Bertz CT molecular complexity index is 1100. The van der Waals surface area contributed by atoms with Gasteiger partial charge in [0.15, 0.2) is 0 Å². The van der Waals surface area contributed by atoms with Crippen molar-refractivity contribution in [1.82, 2.24) is 4.98 Å². The van der Waals surface area contributed by atoms with Gasteiger partial charge in [-0.15, -0.1) is 0 Å². The number of esters is 1. The highest BCUT2D eigenvalue weighted by atomic mass is 32.2. The molecule has 0 saturated heterocycles. The fourth-order valence-electron chi connectivity index (χ4n) is 2.66. The fraction of sp³-hybridized carbons (Fsp3) is 0.143. The van der Waals surface area contributed by atoms with Crippen LogP contribution in [-0.4, -0.2) is 26.0 Å². The van der Waals surface area contributed by atoms with Gasteiger partial charge in [0, 0.05) is 0 Å². The van der Waals surface area contributed by atoms with Gasteiger partial charge < -0.3 is 4.74 Å². The summed E-state index contributed by atoms with van der Waals surface area (Å²) in [6, 6.07) is 16.9. The zero-order valence-corrected chi connectivity index (χ0v) is 16.4. The molecule has 0 atom stereocenters. The summed E-state index contributed by atoms with van der Waals surface area (Å²) in [4.78, 5) is 15.8. The van der Waals surface area contributed by atoms with Crippen molar-refractivity contribution < 1.29 is 22.3 Å². The van der Waals surface area contributed by atoms with E-state index in [2.05, 4.69) is 9.71 Å². The highest BCUT2D eigenvalue weighted by Crippen LogP contribution is 2.22. The highest BCUT2D eigenvalue weighted by Gasteiger charge is 2.16. The van der Waals surface area contributed by atoms with E-state index in [4.69, 9.17) is 4.74 Å². The maximum Gasteiger partial charge on any atom is 0.311 e. The molecule has 0 radical (unpaired) electrons. The second-order valence-electron chi connectivity index (χ2n) is 6.13. The molecule has 1 heterocycles. The molecule has 0 amide bonds. The molecule has 150 valence electrons. The Kier molecular flexibility index (Phi) is 6.23. The molecular weight excluding hydrogens is 395 g/mol. The number of anilines is 1. The summed E-state index contributed by atoms with van der Waals surface area (Å²) in [6.45, 7) is 1.97. The van der Waals surface area contributed by atoms with Crippen LogP contribution in [0.5, 0.6) is 0 Å². The average molecular weight is 414 g/mol. The van der Waals surface area contributed by atoms with Crippen LogP contribution in [0.3, 0.4) is 0 Å². The van der Waals surface area contributed by atoms with E-state index in [0.717, 1.165) is 11.1 Å². The van der Waals surface area contributed by atoms with Crippen LogP contribution in [-0.2, 0) is 26.0 Å². The Hall–Kier alpha value is -3.26. The lowest BCUT2D eigenvalue weighted by molar-refractivity contribution is -0.142. The van der Waals surface area contributed by atoms with Crippen LogP contribution in [0.2, 0.25) is 0 Å². The maximum absolute atomic E-state index is 13.0. The number of nitrogens with zero attached hydrogens (tertiary/aromatic N) is 1. The van der Waals surface area contributed by atoms with E-state index in [-0.39, 0.29) is 29.6 Å². The first kappa shape index (κ1) is 20.5. The highest BCUT2D eigenvalue weighted by molar-refractivity contribution is 7.92. The number of hydrogen-bond donors (Lipinski definition) is 1. The van der Waals surface area contributed by atoms with Crippen LogP contribution in [0, 0.1) is 5.82 Å². The monoisotopic (exact) mass is 414 g/mol. The molecule has 3 aromatic rings. The van der Waals surface area contributed by atoms with E-state index in [0.29, 0.717) is 5.69 Å². The summed E-state index contributed by atoms with van der Waals surface area (Å²) >= 11 is 0. The zero-order valence-electron chi connectivity index (χ0n) is 15.6. The van der Waals surface area contributed by atoms with Crippen molar-refractivity contribution in [3.8, 4) is 11.1 Å². The van der Waals surface area contributed by atoms with E-state index >= 15 is 0 Å². The molecule has 29 heavy (non-hydrogen) atoms. The van der Waals surface area contributed by atoms with Gasteiger partial charge in [-0.05, 0) is 54.4 Å². The van der Waals surface area contributed by atoms with Crippen LogP contribution in [0.15, 0.2) is 71.6 Å². The Labute approximate surface area is 168 Å². The summed E-state index contributed by atoms with van der Waals surface area (Å²) in [6.07, 6.45) is -0.0459. The van der Waals surface area contributed by atoms with Crippen molar-refractivity contribution >= 4 is 21.8 Å². The Balaban J connectivity index is 1.75. The van der Waals surface area contributed by atoms with Gasteiger partial charge >= 0.3 is 5.97 Å². The third-order valence-corrected chi connectivity index (χ3v) is 5.39. The minimum atomic E-state index is -3.86. The largest absolute Gasteiger partial charge is 0.466 e. The predicted molar refractivity (Wildman–Crippen MR) is 107 cm³/mol. The normalized spacial score (nSPS) is 11.1. The SMILES string of the molecule is CCOC(=O)Cc1cccc(NS(=O)(=O)c2ccc(-c3ccc(F)cc3)cc2)n1. The number of rotatable bonds is 7. The molecule has 1 N–H and O–H groups in total. The van der Waals surface area contributed by atoms with Gasteiger partial charge in [0.2, 0.25) is 0 Å². The molecule has 6 nitrogen and oxygen atoms in total. The zero-order chi connectivity index (χ0) is 20.9. The van der Waals surface area contributed by atoms with Crippen LogP contribution in [0.25, 0.3) is 11.1 Å². The standard InChI is InChI=1S/C21H19FN2O4S/c1-2-28-21(25)14-18-4-3-5-20(23-18)24-29(26,27)19-12-8-16(9-13-19)15-6-10-17(22)11-7-15/h3-13H,2,14H2,1H3,(H,23,24). The molecule has 8 heteroatoms. The molecule has 0 aliphatic heterocycles. The number of carbonyl (C=O) groups excluding carboxylic acids is 1. The number of nitrogens with one attached hydrogen (secondary N) is 1. The van der Waals surface area contributed by atoms with Gasteiger partial charge in [0.1, 0.15) is 11.6 Å². The second kappa shape index (κ2) is 8.83. The van der Waals surface area contributed by atoms with E-state index < -0.39 is 16.0 Å². The molecular formula is C21H19FN2O4S. The lowest BCUT2D eigenvalue weighted by Gasteiger charge is -2.09. The summed E-state index contributed by atoms with van der Waals surface area (Å²) in [5.74, 6) is -0.666. The third kappa shape index (κ3) is 5.39. The molecule has 0 aliphatic rings. The number of aromatic nitrogens is 1. The number of hydrogen-bond acceptors (Lipinski definition) is 5. The summed E-state index contributed by atoms with van der Waals surface area (Å²) < 4.78 is 45.6. The maximum atomic E-state index is 13.0. The number of pyridine rings is 1. The van der Waals surface area contributed by atoms with Crippen molar-refractivity contribution in [2.75, 3.05) is 11.3 Å². The van der Waals surface area contributed by atoms with Crippen molar-refractivity contribution in [2.24, 2.45) is 0 Å². The minimum absolute atomic E-state index is 0.0459. The summed E-state index contributed by atoms with van der Waals surface area (Å²) in [5, 5.41) is 0. The second-order valence-corrected chi connectivity index (χ2v) is 7.82. The smallest absolute Gasteiger partial charge is 0.311 e. The van der Waals surface area contributed by atoms with Gasteiger partial charge in [-0.25, -0.2) is 17.8 Å². The van der Waals surface area contributed by atoms with Gasteiger partial charge in [-0.1, -0.05) is 30.3 Å². The van der Waals surface area contributed by atoms with E-state index in [1.165, 1.54) is 30.3 Å². The van der Waals surface area contributed by atoms with Gasteiger partial charge in [-0.2, -0.15) is 0 Å². The summed E-state index contributed by atoms with van der Waals surface area (Å²) in [7, 11) is -3.86. The summed E-state index contributed by atoms with van der Waals surface area (Å²) in [5.41, 5.74) is 1.94. The Morgan fingerprint density at radius 1 is 1.00 bits per heavy atom. The number of sulfonamides is 1. The first-order valence-corrected chi connectivity index (χ1v) is 10.4. The van der Waals surface area contributed by atoms with Crippen molar-refractivity contribution in [3.05, 3.63) is 78.2 Å². The van der Waals surface area contributed by atoms with E-state index in [1.54, 1.807) is 43.3 Å². The molecule has 0 bridgehead atoms. The fourth-order valence-corrected chi connectivity index (χ4v) is 3.66. The van der Waals surface area contributed by atoms with Crippen molar-refractivity contribution in [3.63, 3.8) is 0 Å². The van der Waals surface area contributed by atoms with Crippen LogP contribution in [0.1, 0.15) is 12.6 Å². The first-order chi connectivity index (χ1) is 13.9. The van der Waals surface area contributed by atoms with Gasteiger partial charge in [0.05, 0.1) is 23.6 Å². The molecule has 0 unspecified atom stereocenters. The molecule has 0 fully saturated rings.